The second-order valence-electron chi connectivity index (χ2n) is 11.6. The summed E-state index contributed by atoms with van der Waals surface area (Å²) in [7, 11) is 1.35. The number of likely N-dealkylation sites (tertiary alicyclic amines) is 1. The summed E-state index contributed by atoms with van der Waals surface area (Å²) in [6, 6.07) is 14.1. The lowest BCUT2D eigenvalue weighted by molar-refractivity contribution is -0.164. The summed E-state index contributed by atoms with van der Waals surface area (Å²) in [5.74, 6) is -1.42. The van der Waals surface area contributed by atoms with Crippen LogP contribution in [0, 0.1) is 12.8 Å². The molecule has 0 N–H and O–H groups in total. The predicted octanol–water partition coefficient (Wildman–Crippen LogP) is 4.71. The number of rotatable bonds is 11. The zero-order valence-corrected chi connectivity index (χ0v) is 26.9. The second kappa shape index (κ2) is 16.2. The molecule has 0 bridgehead atoms. The predicted molar refractivity (Wildman–Crippen MR) is 169 cm³/mol. The summed E-state index contributed by atoms with van der Waals surface area (Å²) >= 11 is 0. The van der Waals surface area contributed by atoms with Crippen LogP contribution in [0.25, 0.3) is 0 Å². The molecule has 0 spiro atoms. The molecule has 2 aliphatic heterocycles. The van der Waals surface area contributed by atoms with Crippen LogP contribution < -0.4 is 0 Å². The zero-order valence-electron chi connectivity index (χ0n) is 26.9. The zero-order chi connectivity index (χ0) is 33.2. The van der Waals surface area contributed by atoms with Crippen molar-refractivity contribution in [2.75, 3.05) is 20.3 Å². The number of piperidine rings is 1. The number of amides is 1. The van der Waals surface area contributed by atoms with Gasteiger partial charge in [-0.15, -0.1) is 0 Å². The minimum Gasteiger partial charge on any atom is -0.467 e. The van der Waals surface area contributed by atoms with Crippen molar-refractivity contribution in [3.05, 3.63) is 82.9 Å². The van der Waals surface area contributed by atoms with Crippen LogP contribution in [0.2, 0.25) is 0 Å². The third-order valence-electron chi connectivity index (χ3n) is 8.11. The Morgan fingerprint density at radius 1 is 0.978 bits per heavy atom. The van der Waals surface area contributed by atoms with E-state index in [0.29, 0.717) is 18.4 Å². The summed E-state index contributed by atoms with van der Waals surface area (Å²) < 4.78 is 21.3. The van der Waals surface area contributed by atoms with Gasteiger partial charge >= 0.3 is 17.9 Å². The summed E-state index contributed by atoms with van der Waals surface area (Å²) in [5.41, 5.74) is 3.28. The molecule has 1 amide bonds. The summed E-state index contributed by atoms with van der Waals surface area (Å²) in [6.45, 7) is 6.92. The standard InChI is InChI=1S/C35H42N2O9/c1-22-6-11-27(12-7-22)33-23(2)8-16-30(35(41)42-5)37(33)34(40)28-13-9-26(10-14-28)20-36-44-19-18-29-15-17-31(45-25(4)39)32(46-29)21-43-24(3)38/h6-7,9-15,17,20,23,29-33H,8,16,18-19,21H2,1-5H3. The maximum Gasteiger partial charge on any atom is 0.328 e. The van der Waals surface area contributed by atoms with Crippen molar-refractivity contribution in [1.29, 1.82) is 0 Å². The highest BCUT2D eigenvalue weighted by Crippen LogP contribution is 2.40. The highest BCUT2D eigenvalue weighted by atomic mass is 16.6. The Morgan fingerprint density at radius 3 is 2.35 bits per heavy atom. The molecule has 6 unspecified atom stereocenters. The molecule has 2 aromatic carbocycles. The van der Waals surface area contributed by atoms with Gasteiger partial charge in [0.2, 0.25) is 0 Å². The molecule has 0 aliphatic carbocycles. The third-order valence-corrected chi connectivity index (χ3v) is 8.11. The minimum absolute atomic E-state index is 0.0433. The number of oxime groups is 1. The molecule has 2 aliphatic rings. The van der Waals surface area contributed by atoms with Crippen LogP contribution in [0.4, 0.5) is 0 Å². The van der Waals surface area contributed by atoms with Gasteiger partial charge in [0.1, 0.15) is 31.5 Å². The van der Waals surface area contributed by atoms with Crippen LogP contribution in [0.3, 0.4) is 0 Å². The third kappa shape index (κ3) is 9.03. The molecule has 2 aromatic rings. The molecule has 0 aromatic heterocycles. The van der Waals surface area contributed by atoms with Crippen LogP contribution >= 0.6 is 0 Å². The van der Waals surface area contributed by atoms with Crippen LogP contribution in [0.5, 0.6) is 0 Å². The van der Waals surface area contributed by atoms with Crippen molar-refractivity contribution in [1.82, 2.24) is 4.90 Å². The van der Waals surface area contributed by atoms with Gasteiger partial charge in [-0.05, 0) is 55.0 Å². The number of methoxy groups -OCH3 is 1. The van der Waals surface area contributed by atoms with Crippen LogP contribution in [-0.4, -0.2) is 79.6 Å². The van der Waals surface area contributed by atoms with E-state index >= 15 is 0 Å². The van der Waals surface area contributed by atoms with Crippen molar-refractivity contribution in [2.24, 2.45) is 11.1 Å². The lowest BCUT2D eigenvalue weighted by atomic mass is 9.82. The van der Waals surface area contributed by atoms with Crippen molar-refractivity contribution >= 4 is 30.0 Å². The number of nitrogens with zero attached hydrogens (tertiary/aromatic N) is 2. The summed E-state index contributed by atoms with van der Waals surface area (Å²) in [6.07, 6.45) is 5.20. The van der Waals surface area contributed by atoms with Gasteiger partial charge in [-0.3, -0.25) is 14.4 Å². The van der Waals surface area contributed by atoms with Gasteiger partial charge in [0.15, 0.2) is 0 Å². The highest BCUT2D eigenvalue weighted by molar-refractivity contribution is 5.98. The van der Waals surface area contributed by atoms with E-state index in [1.54, 1.807) is 47.5 Å². The number of hydrogen-bond acceptors (Lipinski definition) is 10. The Balaban J connectivity index is 1.37. The van der Waals surface area contributed by atoms with Crippen molar-refractivity contribution in [2.45, 2.75) is 77.4 Å². The van der Waals surface area contributed by atoms with Crippen LogP contribution in [-0.2, 0) is 38.2 Å². The number of benzene rings is 2. The fraction of sp³-hybridized carbons (Fsp3) is 0.457. The van der Waals surface area contributed by atoms with Gasteiger partial charge in [0, 0.05) is 25.8 Å². The maximum absolute atomic E-state index is 14.0. The van der Waals surface area contributed by atoms with E-state index in [4.69, 9.17) is 23.8 Å². The summed E-state index contributed by atoms with van der Waals surface area (Å²) in [5, 5.41) is 4.04. The summed E-state index contributed by atoms with van der Waals surface area (Å²) in [4.78, 5) is 56.5. The smallest absolute Gasteiger partial charge is 0.328 e. The van der Waals surface area contributed by atoms with Gasteiger partial charge in [-0.1, -0.05) is 60.1 Å². The molecular weight excluding hydrogens is 592 g/mol. The largest absolute Gasteiger partial charge is 0.467 e. The van der Waals surface area contributed by atoms with E-state index in [9.17, 15) is 19.2 Å². The molecule has 1 saturated heterocycles. The molecule has 11 nitrogen and oxygen atoms in total. The number of ether oxygens (including phenoxy) is 4. The van der Waals surface area contributed by atoms with Crippen LogP contribution in [0.1, 0.15) is 73.1 Å². The molecule has 11 heteroatoms. The first-order valence-corrected chi connectivity index (χ1v) is 15.4. The van der Waals surface area contributed by atoms with Crippen molar-refractivity contribution < 1.29 is 43.0 Å². The Hall–Kier alpha value is -4.51. The molecule has 6 atom stereocenters. The Morgan fingerprint density at radius 2 is 1.70 bits per heavy atom. The molecule has 0 radical (unpaired) electrons. The first-order valence-electron chi connectivity index (χ1n) is 15.4. The molecule has 2 heterocycles. The van der Waals surface area contributed by atoms with Crippen molar-refractivity contribution in [3.63, 3.8) is 0 Å². The first kappa shape index (κ1) is 34.4. The van der Waals surface area contributed by atoms with Gasteiger partial charge in [-0.2, -0.15) is 0 Å². The van der Waals surface area contributed by atoms with Crippen LogP contribution in [0.15, 0.2) is 65.8 Å². The average Bonchev–Trinajstić information content (AvgIpc) is 3.04. The lowest BCUT2D eigenvalue weighted by Crippen LogP contribution is -2.52. The fourth-order valence-corrected chi connectivity index (χ4v) is 5.76. The van der Waals surface area contributed by atoms with E-state index in [-0.39, 0.29) is 37.2 Å². The fourth-order valence-electron chi connectivity index (χ4n) is 5.76. The lowest BCUT2D eigenvalue weighted by Gasteiger charge is -2.44. The second-order valence-corrected chi connectivity index (χ2v) is 11.6. The average molecular weight is 635 g/mol. The number of esters is 3. The van der Waals surface area contributed by atoms with Gasteiger partial charge in [-0.25, -0.2) is 4.79 Å². The van der Waals surface area contributed by atoms with E-state index in [0.717, 1.165) is 23.1 Å². The molecule has 246 valence electrons. The number of aryl methyl sites for hydroxylation is 1. The quantitative estimate of drug-likeness (QED) is 0.0862. The molecule has 1 fully saturated rings. The molecule has 0 saturated carbocycles. The Bertz CT molecular complexity index is 1420. The number of carbonyl (C=O) groups excluding carboxylic acids is 4. The van der Waals surface area contributed by atoms with E-state index in [1.807, 2.05) is 31.2 Å². The normalized spacial score (nSPS) is 24.3. The minimum atomic E-state index is -0.679. The monoisotopic (exact) mass is 634 g/mol. The van der Waals surface area contributed by atoms with Gasteiger partial charge < -0.3 is 28.7 Å². The first-order chi connectivity index (χ1) is 22.1. The molecule has 46 heavy (non-hydrogen) atoms. The van der Waals surface area contributed by atoms with Gasteiger partial charge in [0.05, 0.1) is 25.5 Å². The number of hydrogen-bond donors (Lipinski definition) is 0. The molecular formula is C35H42N2O9. The Kier molecular flexibility index (Phi) is 12.1. The van der Waals surface area contributed by atoms with Gasteiger partial charge in [0.25, 0.3) is 5.91 Å². The maximum atomic E-state index is 14.0. The number of carbonyl (C=O) groups is 4. The topological polar surface area (TPSA) is 130 Å². The van der Waals surface area contributed by atoms with E-state index < -0.39 is 36.2 Å². The highest BCUT2D eigenvalue weighted by Gasteiger charge is 2.43. The SMILES string of the molecule is COC(=O)C1CCC(C)C(c2ccc(C)cc2)N1C(=O)c1ccc(C=NOCCC2C=CC(OC(C)=O)C(COC(C)=O)O2)cc1. The van der Waals surface area contributed by atoms with E-state index in [2.05, 4.69) is 12.1 Å². The molecule has 4 rings (SSSR count). The van der Waals surface area contributed by atoms with Crippen molar-refractivity contribution in [3.8, 4) is 0 Å². The van der Waals surface area contributed by atoms with E-state index in [1.165, 1.54) is 21.0 Å². The Labute approximate surface area is 269 Å².